The molecule has 0 bridgehead atoms. The zero-order valence-corrected chi connectivity index (χ0v) is 11.3. The third kappa shape index (κ3) is 2.09. The Morgan fingerprint density at radius 3 is 2.90 bits per heavy atom. The average molecular weight is 271 g/mol. The van der Waals surface area contributed by atoms with Crippen molar-refractivity contribution in [3.8, 4) is 5.75 Å². The van der Waals surface area contributed by atoms with E-state index in [1.807, 2.05) is 18.2 Å². The molecule has 1 aromatic heterocycles. The van der Waals surface area contributed by atoms with Crippen molar-refractivity contribution >= 4 is 22.6 Å². The molecule has 2 aromatic rings. The summed E-state index contributed by atoms with van der Waals surface area (Å²) >= 11 is 0. The summed E-state index contributed by atoms with van der Waals surface area (Å²) in [5, 5.41) is 9.09. The number of nitrogens with two attached hydrogens (primary N) is 2. The summed E-state index contributed by atoms with van der Waals surface area (Å²) in [4.78, 5) is 3.44. The lowest BCUT2D eigenvalue weighted by atomic mass is 9.93. The van der Waals surface area contributed by atoms with E-state index in [-0.39, 0.29) is 5.96 Å². The quantitative estimate of drug-likeness (QED) is 0.438. The third-order valence-corrected chi connectivity index (χ3v) is 3.50. The first-order valence-corrected chi connectivity index (χ1v) is 6.53. The third-order valence-electron chi connectivity index (χ3n) is 3.50. The zero-order valence-electron chi connectivity index (χ0n) is 11.3. The van der Waals surface area contributed by atoms with Gasteiger partial charge in [0.15, 0.2) is 0 Å². The Morgan fingerprint density at radius 1 is 1.30 bits per heavy atom. The second kappa shape index (κ2) is 4.88. The van der Waals surface area contributed by atoms with Crippen molar-refractivity contribution in [2.24, 2.45) is 21.7 Å². The molecule has 0 saturated heterocycles. The normalized spacial score (nSPS) is 16.1. The van der Waals surface area contributed by atoms with Gasteiger partial charge in [-0.15, -0.1) is 5.10 Å². The second-order valence-electron chi connectivity index (χ2n) is 4.82. The van der Waals surface area contributed by atoms with Crippen LogP contribution < -0.4 is 16.2 Å². The van der Waals surface area contributed by atoms with E-state index >= 15 is 0 Å². The minimum atomic E-state index is -0.0259. The molecule has 6 heteroatoms. The van der Waals surface area contributed by atoms with Gasteiger partial charge in [0, 0.05) is 22.2 Å². The lowest BCUT2D eigenvalue weighted by Crippen LogP contribution is -2.22. The summed E-state index contributed by atoms with van der Waals surface area (Å²) in [5.74, 6) is 0.799. The van der Waals surface area contributed by atoms with Crippen LogP contribution in [0.5, 0.6) is 5.75 Å². The van der Waals surface area contributed by atoms with Crippen LogP contribution in [0.2, 0.25) is 0 Å². The van der Waals surface area contributed by atoms with Gasteiger partial charge in [-0.25, -0.2) is 0 Å². The van der Waals surface area contributed by atoms with Crippen LogP contribution in [0.25, 0.3) is 10.9 Å². The molecule has 6 nitrogen and oxygen atoms in total. The Labute approximate surface area is 116 Å². The monoisotopic (exact) mass is 271 g/mol. The predicted octanol–water partition coefficient (Wildman–Crippen LogP) is 1.49. The first-order valence-electron chi connectivity index (χ1n) is 6.53. The summed E-state index contributed by atoms with van der Waals surface area (Å²) in [6.07, 6.45) is 2.91. The number of nitrogens with one attached hydrogen (secondary N) is 1. The molecule has 104 valence electrons. The summed E-state index contributed by atoms with van der Waals surface area (Å²) < 4.78 is 5.29. The van der Waals surface area contributed by atoms with Gasteiger partial charge in [-0.05, 0) is 37.5 Å². The average Bonchev–Trinajstić information content (AvgIpc) is 2.82. The number of aromatic amines is 1. The maximum atomic E-state index is 5.36. The van der Waals surface area contributed by atoms with Crippen molar-refractivity contribution in [2.45, 2.75) is 19.3 Å². The molecule has 0 saturated carbocycles. The van der Waals surface area contributed by atoms with E-state index in [1.165, 1.54) is 5.69 Å². The molecule has 0 amide bonds. The van der Waals surface area contributed by atoms with Gasteiger partial charge in [0.25, 0.3) is 0 Å². The van der Waals surface area contributed by atoms with Gasteiger partial charge in [-0.3, -0.25) is 0 Å². The van der Waals surface area contributed by atoms with Crippen LogP contribution in [0.15, 0.2) is 28.4 Å². The minimum Gasteiger partial charge on any atom is -0.497 e. The molecule has 1 aromatic carbocycles. The van der Waals surface area contributed by atoms with Crippen molar-refractivity contribution in [2.75, 3.05) is 7.11 Å². The number of hydrogen-bond donors (Lipinski definition) is 3. The van der Waals surface area contributed by atoms with Crippen LogP contribution >= 0.6 is 0 Å². The largest absolute Gasteiger partial charge is 0.497 e. The zero-order chi connectivity index (χ0) is 14.1. The molecular weight excluding hydrogens is 254 g/mol. The van der Waals surface area contributed by atoms with Crippen LogP contribution in [0.4, 0.5) is 0 Å². The standard InChI is InChI=1S/C14H17N5O/c1-20-8-5-6-10-9(7-8)13-11(17-10)3-2-4-12(13)18-19-14(15)16/h5-7,17H,2-4H2,1H3,(H4,15,16,19)/b18-12+. The maximum absolute atomic E-state index is 5.36. The Morgan fingerprint density at radius 2 is 2.15 bits per heavy atom. The molecular formula is C14H17N5O. The molecule has 1 heterocycles. The van der Waals surface area contributed by atoms with Gasteiger partial charge in [0.1, 0.15) is 5.75 Å². The van der Waals surface area contributed by atoms with E-state index in [0.717, 1.165) is 47.2 Å². The van der Waals surface area contributed by atoms with Crippen LogP contribution in [0.1, 0.15) is 24.1 Å². The molecule has 0 spiro atoms. The van der Waals surface area contributed by atoms with E-state index < -0.39 is 0 Å². The number of nitrogens with zero attached hydrogens (tertiary/aromatic N) is 2. The molecule has 1 aliphatic rings. The highest BCUT2D eigenvalue weighted by Crippen LogP contribution is 2.31. The van der Waals surface area contributed by atoms with Crippen molar-refractivity contribution in [1.29, 1.82) is 0 Å². The van der Waals surface area contributed by atoms with Gasteiger partial charge in [-0.1, -0.05) is 0 Å². The summed E-state index contributed by atoms with van der Waals surface area (Å²) in [6, 6.07) is 5.98. The van der Waals surface area contributed by atoms with Crippen LogP contribution in [0, 0.1) is 0 Å². The molecule has 0 atom stereocenters. The highest BCUT2D eigenvalue weighted by molar-refractivity contribution is 6.13. The highest BCUT2D eigenvalue weighted by atomic mass is 16.5. The Balaban J connectivity index is 2.20. The predicted molar refractivity (Wildman–Crippen MR) is 80.1 cm³/mol. The Kier molecular flexibility index (Phi) is 3.06. The molecule has 0 unspecified atom stereocenters. The van der Waals surface area contributed by atoms with Gasteiger partial charge in [0.2, 0.25) is 5.96 Å². The van der Waals surface area contributed by atoms with E-state index in [2.05, 4.69) is 15.2 Å². The highest BCUT2D eigenvalue weighted by Gasteiger charge is 2.21. The molecule has 0 aliphatic heterocycles. The number of rotatable bonds is 2. The lowest BCUT2D eigenvalue weighted by molar-refractivity contribution is 0.415. The number of ether oxygens (including phenoxy) is 1. The fraction of sp³-hybridized carbons (Fsp3) is 0.286. The molecule has 1 aliphatic carbocycles. The number of methoxy groups -OCH3 is 1. The van der Waals surface area contributed by atoms with Crippen molar-refractivity contribution in [1.82, 2.24) is 4.98 Å². The fourth-order valence-corrected chi connectivity index (χ4v) is 2.65. The number of fused-ring (bicyclic) bond motifs is 3. The van der Waals surface area contributed by atoms with E-state index in [1.54, 1.807) is 7.11 Å². The Hall–Kier alpha value is -2.50. The number of benzene rings is 1. The van der Waals surface area contributed by atoms with Crippen molar-refractivity contribution < 1.29 is 4.74 Å². The fourth-order valence-electron chi connectivity index (χ4n) is 2.65. The van der Waals surface area contributed by atoms with Crippen molar-refractivity contribution in [3.05, 3.63) is 29.5 Å². The topological polar surface area (TPSA) is 102 Å². The smallest absolute Gasteiger partial charge is 0.211 e. The SMILES string of the molecule is COc1ccc2[nH]c3c(c2c1)/C(=N/N=C(N)N)CCC3. The van der Waals surface area contributed by atoms with Gasteiger partial charge in [-0.2, -0.15) is 5.10 Å². The number of hydrogen-bond acceptors (Lipinski definition) is 3. The summed E-state index contributed by atoms with van der Waals surface area (Å²) in [6.45, 7) is 0. The Bertz CT molecular complexity index is 710. The van der Waals surface area contributed by atoms with E-state index in [4.69, 9.17) is 16.2 Å². The van der Waals surface area contributed by atoms with Gasteiger partial charge in [0.05, 0.1) is 12.8 Å². The first kappa shape index (κ1) is 12.5. The number of H-pyrrole nitrogens is 1. The molecule has 20 heavy (non-hydrogen) atoms. The lowest BCUT2D eigenvalue weighted by Gasteiger charge is -2.13. The number of aryl methyl sites for hydroxylation is 1. The van der Waals surface area contributed by atoms with E-state index in [9.17, 15) is 0 Å². The van der Waals surface area contributed by atoms with Crippen LogP contribution in [-0.2, 0) is 6.42 Å². The summed E-state index contributed by atoms with van der Waals surface area (Å²) in [7, 11) is 1.66. The van der Waals surface area contributed by atoms with Crippen molar-refractivity contribution in [3.63, 3.8) is 0 Å². The number of aromatic nitrogens is 1. The molecule has 0 fully saturated rings. The van der Waals surface area contributed by atoms with E-state index in [0.29, 0.717) is 0 Å². The second-order valence-corrected chi connectivity index (χ2v) is 4.82. The van der Waals surface area contributed by atoms with Crippen LogP contribution in [-0.4, -0.2) is 23.8 Å². The van der Waals surface area contributed by atoms with Gasteiger partial charge >= 0.3 is 0 Å². The molecule has 3 rings (SSSR count). The molecule has 0 radical (unpaired) electrons. The van der Waals surface area contributed by atoms with Gasteiger partial charge < -0.3 is 21.2 Å². The first-order chi connectivity index (χ1) is 9.69. The maximum Gasteiger partial charge on any atom is 0.211 e. The molecule has 5 N–H and O–H groups in total. The minimum absolute atomic E-state index is 0.0259. The summed E-state index contributed by atoms with van der Waals surface area (Å²) in [5.41, 5.74) is 15.0. The van der Waals surface area contributed by atoms with Crippen LogP contribution in [0.3, 0.4) is 0 Å². The number of guanidine groups is 1.